The molecule has 4 rings (SSSR count). The van der Waals surface area contributed by atoms with E-state index in [9.17, 15) is 18.0 Å². The number of carbonyl (C=O) groups is 2. The van der Waals surface area contributed by atoms with Gasteiger partial charge in [0.1, 0.15) is 11.8 Å². The van der Waals surface area contributed by atoms with E-state index in [1.165, 1.54) is 31.4 Å². The fourth-order valence-electron chi connectivity index (χ4n) is 3.45. The van der Waals surface area contributed by atoms with E-state index in [4.69, 9.17) is 4.74 Å². The van der Waals surface area contributed by atoms with Crippen molar-refractivity contribution in [2.75, 3.05) is 11.8 Å². The van der Waals surface area contributed by atoms with Gasteiger partial charge in [-0.15, -0.1) is 0 Å². The summed E-state index contributed by atoms with van der Waals surface area (Å²) in [7, 11) is -2.57. The summed E-state index contributed by atoms with van der Waals surface area (Å²) in [6.45, 7) is 1.67. The molecule has 0 saturated carbocycles. The second-order valence-corrected chi connectivity index (χ2v) is 9.28. The third-order valence-electron chi connectivity index (χ3n) is 5.33. The third-order valence-corrected chi connectivity index (χ3v) is 6.70. The summed E-state index contributed by atoms with van der Waals surface area (Å²) in [6, 6.07) is 18.7. The van der Waals surface area contributed by atoms with Crippen LogP contribution in [0.3, 0.4) is 0 Å². The molecule has 3 aromatic carbocycles. The van der Waals surface area contributed by atoms with E-state index in [0.29, 0.717) is 5.75 Å². The van der Waals surface area contributed by atoms with Crippen molar-refractivity contribution >= 4 is 38.6 Å². The van der Waals surface area contributed by atoms with E-state index in [1.807, 2.05) is 24.3 Å². The van der Waals surface area contributed by atoms with Gasteiger partial charge in [-0.25, -0.2) is 13.4 Å². The quantitative estimate of drug-likeness (QED) is 0.339. The van der Waals surface area contributed by atoms with E-state index in [-0.39, 0.29) is 16.1 Å². The Labute approximate surface area is 202 Å². The monoisotopic (exact) mass is 493 g/mol. The first-order valence-electron chi connectivity index (χ1n) is 10.6. The number of methoxy groups -OCH3 is 1. The van der Waals surface area contributed by atoms with E-state index in [0.717, 1.165) is 11.0 Å². The minimum atomic E-state index is -4.00. The van der Waals surface area contributed by atoms with Crippen molar-refractivity contribution in [3.8, 4) is 5.75 Å². The number of hydrogen-bond acceptors (Lipinski definition) is 6. The van der Waals surface area contributed by atoms with Gasteiger partial charge in [-0.1, -0.05) is 30.3 Å². The van der Waals surface area contributed by atoms with Gasteiger partial charge in [-0.05, 0) is 49.4 Å². The van der Waals surface area contributed by atoms with Gasteiger partial charge in [0.2, 0.25) is 0 Å². The van der Waals surface area contributed by atoms with Gasteiger partial charge in [0.05, 0.1) is 35.1 Å². The van der Waals surface area contributed by atoms with E-state index < -0.39 is 27.9 Å². The van der Waals surface area contributed by atoms with Crippen LogP contribution in [0.4, 0.5) is 5.69 Å². The predicted molar refractivity (Wildman–Crippen MR) is 130 cm³/mol. The first-order valence-corrected chi connectivity index (χ1v) is 12.1. The highest BCUT2D eigenvalue weighted by atomic mass is 32.2. The van der Waals surface area contributed by atoms with Crippen LogP contribution in [-0.4, -0.2) is 36.9 Å². The molecular formula is C24H23N5O5S. The number of nitrogens with one attached hydrogen (secondary N) is 3. The average Bonchev–Trinajstić information content (AvgIpc) is 3.31. The lowest BCUT2D eigenvalue weighted by molar-refractivity contribution is -0.124. The van der Waals surface area contributed by atoms with Gasteiger partial charge in [0.25, 0.3) is 21.8 Å². The number of ether oxygens (including phenoxy) is 1. The zero-order chi connectivity index (χ0) is 25.0. The number of para-hydroxylation sites is 4. The Morgan fingerprint density at radius 2 is 1.71 bits per heavy atom. The number of hydrogen-bond donors (Lipinski definition) is 3. The molecule has 1 aromatic heterocycles. The summed E-state index contributed by atoms with van der Waals surface area (Å²) < 4.78 is 35.0. The summed E-state index contributed by atoms with van der Waals surface area (Å²) in [5.74, 6) is -0.786. The summed E-state index contributed by atoms with van der Waals surface area (Å²) in [6.07, 6.45) is 1.56. The van der Waals surface area contributed by atoms with Gasteiger partial charge >= 0.3 is 0 Å². The van der Waals surface area contributed by atoms with Gasteiger partial charge in [-0.3, -0.25) is 25.2 Å². The van der Waals surface area contributed by atoms with Crippen molar-refractivity contribution < 1.29 is 22.7 Å². The number of fused-ring (bicyclic) bond motifs is 1. The van der Waals surface area contributed by atoms with Gasteiger partial charge in [0, 0.05) is 5.56 Å². The standard InChI is InChI=1S/C24H23N5O5S/c1-16(29-15-25-19-10-3-5-12-21(19)29)23(30)26-27-24(31)17-8-7-9-18(14-17)35(32,33)28-20-11-4-6-13-22(20)34-2/h3-16,28H,1-2H3,(H,26,30)(H,27,31). The topological polar surface area (TPSA) is 131 Å². The number of aromatic nitrogens is 2. The molecule has 0 fully saturated rings. The maximum atomic E-state index is 12.9. The van der Waals surface area contributed by atoms with E-state index in [2.05, 4.69) is 20.6 Å². The van der Waals surface area contributed by atoms with Crippen LogP contribution in [-0.2, 0) is 14.8 Å². The first kappa shape index (κ1) is 23.8. The number of anilines is 1. The third kappa shape index (κ3) is 5.09. The molecule has 35 heavy (non-hydrogen) atoms. The largest absolute Gasteiger partial charge is 0.495 e. The number of rotatable bonds is 7. The molecule has 0 saturated heterocycles. The highest BCUT2D eigenvalue weighted by Gasteiger charge is 2.20. The predicted octanol–water partition coefficient (Wildman–Crippen LogP) is 2.87. The minimum absolute atomic E-state index is 0.0499. The lowest BCUT2D eigenvalue weighted by atomic mass is 10.2. The van der Waals surface area contributed by atoms with Crippen molar-refractivity contribution in [1.29, 1.82) is 0 Å². The maximum Gasteiger partial charge on any atom is 0.269 e. The van der Waals surface area contributed by atoms with Crippen LogP contribution in [0, 0.1) is 0 Å². The van der Waals surface area contributed by atoms with Crippen LogP contribution in [0.15, 0.2) is 84.0 Å². The molecule has 10 nitrogen and oxygen atoms in total. The van der Waals surface area contributed by atoms with Crippen LogP contribution in [0.1, 0.15) is 23.3 Å². The Morgan fingerprint density at radius 3 is 2.51 bits per heavy atom. The average molecular weight is 494 g/mol. The Morgan fingerprint density at radius 1 is 0.971 bits per heavy atom. The normalized spacial score (nSPS) is 12.1. The fourth-order valence-corrected chi connectivity index (χ4v) is 4.56. The molecule has 1 atom stereocenters. The summed E-state index contributed by atoms with van der Waals surface area (Å²) in [5.41, 5.74) is 6.54. The van der Waals surface area contributed by atoms with E-state index in [1.54, 1.807) is 42.1 Å². The minimum Gasteiger partial charge on any atom is -0.495 e. The molecular weight excluding hydrogens is 470 g/mol. The smallest absolute Gasteiger partial charge is 0.269 e. The second-order valence-electron chi connectivity index (χ2n) is 7.59. The molecule has 4 aromatic rings. The van der Waals surface area contributed by atoms with Crippen molar-refractivity contribution in [2.45, 2.75) is 17.9 Å². The Balaban J connectivity index is 1.44. The maximum absolute atomic E-state index is 12.9. The molecule has 0 spiro atoms. The highest BCUT2D eigenvalue weighted by molar-refractivity contribution is 7.92. The number of carbonyl (C=O) groups excluding carboxylic acids is 2. The molecule has 0 radical (unpaired) electrons. The van der Waals surface area contributed by atoms with Crippen molar-refractivity contribution in [3.05, 3.63) is 84.7 Å². The molecule has 0 aliphatic carbocycles. The summed E-state index contributed by atoms with van der Waals surface area (Å²) in [5, 5.41) is 0. The number of nitrogens with zero attached hydrogens (tertiary/aromatic N) is 2. The van der Waals surface area contributed by atoms with Gasteiger partial charge < -0.3 is 9.30 Å². The highest BCUT2D eigenvalue weighted by Crippen LogP contribution is 2.26. The number of hydrazine groups is 1. The van der Waals surface area contributed by atoms with Crippen molar-refractivity contribution in [3.63, 3.8) is 0 Å². The molecule has 3 N–H and O–H groups in total. The molecule has 11 heteroatoms. The van der Waals surface area contributed by atoms with Crippen molar-refractivity contribution in [2.24, 2.45) is 0 Å². The lowest BCUT2D eigenvalue weighted by Crippen LogP contribution is -2.44. The van der Waals surface area contributed by atoms with Gasteiger partial charge in [-0.2, -0.15) is 0 Å². The molecule has 0 bridgehead atoms. The van der Waals surface area contributed by atoms with Crippen LogP contribution in [0.2, 0.25) is 0 Å². The lowest BCUT2D eigenvalue weighted by Gasteiger charge is -2.15. The Hall–Kier alpha value is -4.38. The number of sulfonamides is 1. The van der Waals surface area contributed by atoms with Crippen molar-refractivity contribution in [1.82, 2.24) is 20.4 Å². The summed E-state index contributed by atoms with van der Waals surface area (Å²) in [4.78, 5) is 29.4. The molecule has 1 unspecified atom stereocenters. The Kier molecular flexibility index (Phi) is 6.69. The molecule has 180 valence electrons. The SMILES string of the molecule is COc1ccccc1NS(=O)(=O)c1cccc(C(=O)NNC(=O)C(C)n2cnc3ccccc32)c1. The van der Waals surface area contributed by atoms with Crippen LogP contribution in [0.25, 0.3) is 11.0 Å². The molecule has 0 aliphatic rings. The van der Waals surface area contributed by atoms with E-state index >= 15 is 0 Å². The number of amides is 2. The number of benzene rings is 3. The zero-order valence-electron chi connectivity index (χ0n) is 18.9. The van der Waals surface area contributed by atoms with Crippen LogP contribution in [0.5, 0.6) is 5.75 Å². The number of imidazole rings is 1. The van der Waals surface area contributed by atoms with Gasteiger partial charge in [0.15, 0.2) is 0 Å². The second kappa shape index (κ2) is 9.85. The molecule has 2 amide bonds. The zero-order valence-corrected chi connectivity index (χ0v) is 19.7. The fraction of sp³-hybridized carbons (Fsp3) is 0.125. The van der Waals surface area contributed by atoms with Crippen LogP contribution >= 0.6 is 0 Å². The molecule has 0 aliphatic heterocycles. The van der Waals surface area contributed by atoms with Crippen LogP contribution < -0.4 is 20.3 Å². The molecule has 1 heterocycles. The first-order chi connectivity index (χ1) is 16.8. The Bertz CT molecular complexity index is 1500. The summed E-state index contributed by atoms with van der Waals surface area (Å²) >= 11 is 0.